The molecule has 2 rings (SSSR count). The summed E-state index contributed by atoms with van der Waals surface area (Å²) < 4.78 is 0. The Balaban J connectivity index is 2.37. The van der Waals surface area contributed by atoms with E-state index in [0.717, 1.165) is 5.56 Å². The van der Waals surface area contributed by atoms with Crippen molar-refractivity contribution >= 4 is 29.5 Å². The van der Waals surface area contributed by atoms with Gasteiger partial charge < -0.3 is 0 Å². The number of halogens is 2. The Labute approximate surface area is 103 Å². The SMILES string of the molecule is NN1C=NC(c2cccc(Cl)c2Cl)N(N)C1. The average molecular weight is 260 g/mol. The Morgan fingerprint density at radius 1 is 1.31 bits per heavy atom. The van der Waals surface area contributed by atoms with Crippen LogP contribution in [0.2, 0.25) is 10.0 Å². The fraction of sp³-hybridized carbons (Fsp3) is 0.222. The van der Waals surface area contributed by atoms with Gasteiger partial charge in [-0.3, -0.25) is 10.9 Å². The highest BCUT2D eigenvalue weighted by atomic mass is 35.5. The molecular formula is C9H11Cl2N5. The molecule has 7 heteroatoms. The van der Waals surface area contributed by atoms with Gasteiger partial charge >= 0.3 is 0 Å². The zero-order valence-electron chi connectivity index (χ0n) is 8.35. The van der Waals surface area contributed by atoms with Crippen LogP contribution in [0.5, 0.6) is 0 Å². The van der Waals surface area contributed by atoms with E-state index in [0.29, 0.717) is 16.7 Å². The van der Waals surface area contributed by atoms with E-state index < -0.39 is 0 Å². The summed E-state index contributed by atoms with van der Waals surface area (Å²) in [5.74, 6) is 11.4. The number of nitrogens with zero attached hydrogens (tertiary/aromatic N) is 3. The molecule has 1 heterocycles. The van der Waals surface area contributed by atoms with Gasteiger partial charge in [-0.05, 0) is 6.07 Å². The summed E-state index contributed by atoms with van der Waals surface area (Å²) in [5.41, 5.74) is 0.765. The van der Waals surface area contributed by atoms with Crippen LogP contribution in [0.3, 0.4) is 0 Å². The minimum atomic E-state index is -0.356. The van der Waals surface area contributed by atoms with Crippen molar-refractivity contribution in [2.45, 2.75) is 6.17 Å². The van der Waals surface area contributed by atoms with Gasteiger partial charge in [-0.25, -0.2) is 10.8 Å². The number of aliphatic imine (C=N–C) groups is 1. The molecule has 0 aromatic heterocycles. The van der Waals surface area contributed by atoms with Crippen LogP contribution in [0.1, 0.15) is 11.7 Å². The first-order valence-corrected chi connectivity index (χ1v) is 5.35. The van der Waals surface area contributed by atoms with Crippen molar-refractivity contribution in [1.82, 2.24) is 10.0 Å². The predicted octanol–water partition coefficient (Wildman–Crippen LogP) is 1.34. The van der Waals surface area contributed by atoms with Crippen molar-refractivity contribution < 1.29 is 0 Å². The quantitative estimate of drug-likeness (QED) is 0.747. The first-order chi connectivity index (χ1) is 7.59. The second kappa shape index (κ2) is 4.57. The lowest BCUT2D eigenvalue weighted by atomic mass is 10.1. The van der Waals surface area contributed by atoms with Crippen molar-refractivity contribution in [1.29, 1.82) is 0 Å². The van der Waals surface area contributed by atoms with Crippen molar-refractivity contribution in [2.75, 3.05) is 6.67 Å². The number of rotatable bonds is 1. The molecule has 0 fully saturated rings. The molecule has 1 aliphatic heterocycles. The normalized spacial score (nSPS) is 21.5. The van der Waals surface area contributed by atoms with Gasteiger partial charge in [0, 0.05) is 5.56 Å². The summed E-state index contributed by atoms with van der Waals surface area (Å²) in [7, 11) is 0. The standard InChI is InChI=1S/C9H11Cl2N5/c10-7-3-1-2-6(8(7)11)9-14-4-15(12)5-16(9)13/h1-4,9H,5,12-13H2. The Morgan fingerprint density at radius 2 is 2.06 bits per heavy atom. The molecule has 0 amide bonds. The maximum absolute atomic E-state index is 6.10. The van der Waals surface area contributed by atoms with Crippen molar-refractivity contribution in [3.8, 4) is 0 Å². The number of hydrogen-bond acceptors (Lipinski definition) is 5. The summed E-state index contributed by atoms with van der Waals surface area (Å²) in [6.07, 6.45) is 1.16. The van der Waals surface area contributed by atoms with Gasteiger partial charge in [-0.2, -0.15) is 5.01 Å². The lowest BCUT2D eigenvalue weighted by molar-refractivity contribution is 0.123. The monoisotopic (exact) mass is 259 g/mol. The van der Waals surface area contributed by atoms with Crippen LogP contribution in [0, 0.1) is 0 Å². The van der Waals surface area contributed by atoms with E-state index in [2.05, 4.69) is 4.99 Å². The molecule has 16 heavy (non-hydrogen) atoms. The number of nitrogens with two attached hydrogens (primary N) is 2. The molecular weight excluding hydrogens is 249 g/mol. The molecule has 0 saturated heterocycles. The van der Waals surface area contributed by atoms with E-state index in [-0.39, 0.29) is 6.17 Å². The molecule has 1 atom stereocenters. The zero-order chi connectivity index (χ0) is 11.7. The highest BCUT2D eigenvalue weighted by Gasteiger charge is 2.23. The first-order valence-electron chi connectivity index (χ1n) is 4.59. The third-order valence-electron chi connectivity index (χ3n) is 2.26. The topological polar surface area (TPSA) is 70.9 Å². The number of benzene rings is 1. The molecule has 1 unspecified atom stereocenters. The predicted molar refractivity (Wildman–Crippen MR) is 64.6 cm³/mol. The molecule has 0 spiro atoms. The van der Waals surface area contributed by atoms with Crippen molar-refractivity contribution in [3.05, 3.63) is 33.8 Å². The van der Waals surface area contributed by atoms with Crippen molar-refractivity contribution in [2.24, 2.45) is 16.7 Å². The van der Waals surface area contributed by atoms with Crippen LogP contribution in [0.25, 0.3) is 0 Å². The van der Waals surface area contributed by atoms with Crippen LogP contribution in [0.4, 0.5) is 0 Å². The van der Waals surface area contributed by atoms with E-state index >= 15 is 0 Å². The minimum absolute atomic E-state index is 0.356. The molecule has 5 nitrogen and oxygen atoms in total. The molecule has 1 aliphatic rings. The molecule has 1 aromatic rings. The van der Waals surface area contributed by atoms with Gasteiger partial charge in [-0.15, -0.1) is 0 Å². The van der Waals surface area contributed by atoms with E-state index in [1.165, 1.54) is 16.4 Å². The fourth-order valence-electron chi connectivity index (χ4n) is 1.52. The lowest BCUT2D eigenvalue weighted by Gasteiger charge is -2.32. The maximum Gasteiger partial charge on any atom is 0.145 e. The summed E-state index contributed by atoms with van der Waals surface area (Å²) in [4.78, 5) is 4.20. The van der Waals surface area contributed by atoms with Gasteiger partial charge in [0.2, 0.25) is 0 Å². The van der Waals surface area contributed by atoms with E-state index in [1.807, 2.05) is 12.1 Å². The van der Waals surface area contributed by atoms with E-state index in [9.17, 15) is 0 Å². The Kier molecular flexibility index (Phi) is 3.32. The Bertz CT molecular complexity index is 422. The van der Waals surface area contributed by atoms with Crippen LogP contribution in [-0.2, 0) is 0 Å². The van der Waals surface area contributed by atoms with Gasteiger partial charge in [0.1, 0.15) is 19.2 Å². The molecule has 1 aromatic carbocycles. The second-order valence-electron chi connectivity index (χ2n) is 3.45. The maximum atomic E-state index is 6.10. The summed E-state index contributed by atoms with van der Waals surface area (Å²) >= 11 is 12.0. The highest BCUT2D eigenvalue weighted by Crippen LogP contribution is 2.33. The van der Waals surface area contributed by atoms with Gasteiger partial charge in [0.05, 0.1) is 10.0 Å². The number of hydrogen-bond donors (Lipinski definition) is 2. The molecule has 0 radical (unpaired) electrons. The van der Waals surface area contributed by atoms with E-state index in [4.69, 9.17) is 34.9 Å². The third kappa shape index (κ3) is 2.14. The van der Waals surface area contributed by atoms with Crippen LogP contribution < -0.4 is 11.7 Å². The summed E-state index contributed by atoms with van der Waals surface area (Å²) in [6, 6.07) is 5.36. The van der Waals surface area contributed by atoms with Gasteiger partial charge in [0.15, 0.2) is 0 Å². The average Bonchev–Trinajstić information content (AvgIpc) is 2.23. The molecule has 0 bridgehead atoms. The van der Waals surface area contributed by atoms with Gasteiger partial charge in [0.25, 0.3) is 0 Å². The molecule has 0 saturated carbocycles. The lowest BCUT2D eigenvalue weighted by Crippen LogP contribution is -2.49. The first kappa shape index (κ1) is 11.6. The third-order valence-corrected chi connectivity index (χ3v) is 3.09. The summed E-state index contributed by atoms with van der Waals surface area (Å²) in [5, 5.41) is 3.82. The summed E-state index contributed by atoms with van der Waals surface area (Å²) in [6.45, 7) is 0.372. The van der Waals surface area contributed by atoms with Crippen LogP contribution in [0.15, 0.2) is 23.2 Å². The van der Waals surface area contributed by atoms with Crippen molar-refractivity contribution in [3.63, 3.8) is 0 Å². The Hall–Kier alpha value is -0.850. The van der Waals surface area contributed by atoms with Crippen LogP contribution in [-0.4, -0.2) is 23.0 Å². The fourth-order valence-corrected chi connectivity index (χ4v) is 1.92. The number of hydrazine groups is 2. The Morgan fingerprint density at radius 3 is 2.75 bits per heavy atom. The molecule has 4 N–H and O–H groups in total. The highest BCUT2D eigenvalue weighted by molar-refractivity contribution is 6.42. The minimum Gasteiger partial charge on any atom is -0.285 e. The largest absolute Gasteiger partial charge is 0.285 e. The van der Waals surface area contributed by atoms with Crippen LogP contribution >= 0.6 is 23.2 Å². The molecule has 86 valence electrons. The smallest absolute Gasteiger partial charge is 0.145 e. The molecule has 0 aliphatic carbocycles. The second-order valence-corrected chi connectivity index (χ2v) is 4.24. The van der Waals surface area contributed by atoms with E-state index in [1.54, 1.807) is 6.07 Å². The zero-order valence-corrected chi connectivity index (χ0v) is 9.86. The van der Waals surface area contributed by atoms with Gasteiger partial charge in [-0.1, -0.05) is 35.3 Å².